The molecule has 4 heterocycles. The van der Waals surface area contributed by atoms with Crippen molar-refractivity contribution in [3.8, 4) is 11.4 Å². The van der Waals surface area contributed by atoms with Crippen molar-refractivity contribution in [3.63, 3.8) is 0 Å². The van der Waals surface area contributed by atoms with Crippen LogP contribution in [-0.4, -0.2) is 59.1 Å². The maximum absolute atomic E-state index is 13.2. The van der Waals surface area contributed by atoms with Crippen molar-refractivity contribution in [2.45, 2.75) is 31.7 Å². The number of pyridine rings is 1. The van der Waals surface area contributed by atoms with E-state index in [2.05, 4.69) is 56.4 Å². The number of imidazole rings is 1. The third kappa shape index (κ3) is 3.47. The van der Waals surface area contributed by atoms with Crippen LogP contribution >= 0.6 is 11.3 Å². The van der Waals surface area contributed by atoms with Crippen molar-refractivity contribution in [1.82, 2.24) is 19.9 Å². The zero-order chi connectivity index (χ0) is 21.7. The molecule has 0 bridgehead atoms. The fraction of sp³-hybridized carbons (Fsp3) is 0.417. The van der Waals surface area contributed by atoms with Crippen LogP contribution in [0.15, 0.2) is 34.4 Å². The largest absolute Gasteiger partial charge is 0.381 e. The van der Waals surface area contributed by atoms with Crippen LogP contribution in [0.25, 0.3) is 32.6 Å². The van der Waals surface area contributed by atoms with E-state index in [1.807, 2.05) is 5.38 Å². The first-order valence-electron chi connectivity index (χ1n) is 11.5. The molecule has 3 N–H and O–H groups in total. The van der Waals surface area contributed by atoms with Gasteiger partial charge in [0.1, 0.15) is 16.2 Å². The van der Waals surface area contributed by atoms with Crippen molar-refractivity contribution < 1.29 is 0 Å². The predicted octanol–water partition coefficient (Wildman–Crippen LogP) is 4.24. The minimum atomic E-state index is -0.0983. The number of piperazine rings is 1. The monoisotopic (exact) mass is 448 g/mol. The summed E-state index contributed by atoms with van der Waals surface area (Å²) in [5.41, 5.74) is 4.48. The highest BCUT2D eigenvalue weighted by Crippen LogP contribution is 2.35. The van der Waals surface area contributed by atoms with Gasteiger partial charge in [0.05, 0.1) is 16.7 Å². The van der Waals surface area contributed by atoms with Crippen LogP contribution < -0.4 is 15.8 Å². The van der Waals surface area contributed by atoms with Gasteiger partial charge >= 0.3 is 0 Å². The zero-order valence-electron chi connectivity index (χ0n) is 18.3. The molecule has 6 rings (SSSR count). The Balaban J connectivity index is 1.43. The number of anilines is 2. The Hall–Kier alpha value is -2.84. The van der Waals surface area contributed by atoms with Crippen LogP contribution in [-0.2, 0) is 0 Å². The molecule has 0 unspecified atom stereocenters. The number of nitrogens with zero attached hydrogens (tertiary/aromatic N) is 3. The van der Waals surface area contributed by atoms with E-state index in [0.717, 1.165) is 66.0 Å². The zero-order valence-corrected chi connectivity index (χ0v) is 19.1. The number of nitrogens with one attached hydrogen (secondary N) is 3. The van der Waals surface area contributed by atoms with Crippen LogP contribution in [0.1, 0.15) is 25.7 Å². The average molecular weight is 449 g/mol. The molecule has 1 saturated carbocycles. The molecule has 1 aliphatic heterocycles. The normalized spacial score (nSPS) is 18.2. The molecule has 7 nitrogen and oxygen atoms in total. The molecule has 3 aromatic heterocycles. The number of hydrogen-bond acceptors (Lipinski definition) is 6. The summed E-state index contributed by atoms with van der Waals surface area (Å²) in [6.07, 6.45) is 4.77. The highest BCUT2D eigenvalue weighted by atomic mass is 32.1. The van der Waals surface area contributed by atoms with Gasteiger partial charge in [0.25, 0.3) is 5.56 Å². The fourth-order valence-electron chi connectivity index (χ4n) is 5.04. The second-order valence-electron chi connectivity index (χ2n) is 9.07. The molecule has 0 radical (unpaired) electrons. The van der Waals surface area contributed by atoms with Gasteiger partial charge in [-0.2, -0.15) is 0 Å². The lowest BCUT2D eigenvalue weighted by atomic mass is 10.1. The van der Waals surface area contributed by atoms with E-state index in [-0.39, 0.29) is 5.56 Å². The minimum Gasteiger partial charge on any atom is -0.381 e. The average Bonchev–Trinajstić information content (AvgIpc) is 3.54. The highest BCUT2D eigenvalue weighted by Gasteiger charge is 2.23. The number of benzene rings is 1. The summed E-state index contributed by atoms with van der Waals surface area (Å²) >= 11 is 1.57. The smallest absolute Gasteiger partial charge is 0.262 e. The van der Waals surface area contributed by atoms with Crippen molar-refractivity contribution in [3.05, 3.63) is 40.0 Å². The third-order valence-electron chi connectivity index (χ3n) is 6.91. The number of rotatable bonds is 4. The molecule has 1 aliphatic carbocycles. The first-order chi connectivity index (χ1) is 15.7. The standard InChI is InChI=1S/C24H28N6OS/c1-29-9-11-30(12-10-29)16-6-7-18-19(14-16)27-22(26-18)20-21(25-15-4-2-3-5-15)17-8-13-32-24(17)28-23(20)31/h6-8,13-15H,2-5,9-12H2,1H3,(H,26,27)(H2,25,28,31). The Morgan fingerprint density at radius 2 is 1.91 bits per heavy atom. The molecular weight excluding hydrogens is 420 g/mol. The van der Waals surface area contributed by atoms with Crippen LogP contribution in [0.3, 0.4) is 0 Å². The van der Waals surface area contributed by atoms with Crippen LogP contribution in [0.2, 0.25) is 0 Å². The SMILES string of the molecule is CN1CCN(c2ccc3nc(-c4c(NC5CCCC5)c5ccsc5[nH]c4=O)[nH]c3c2)CC1. The lowest BCUT2D eigenvalue weighted by Gasteiger charge is -2.34. The van der Waals surface area contributed by atoms with Gasteiger partial charge in [0, 0.05) is 43.3 Å². The van der Waals surface area contributed by atoms with E-state index in [0.29, 0.717) is 17.4 Å². The van der Waals surface area contributed by atoms with Gasteiger partial charge in [-0.3, -0.25) is 4.79 Å². The summed E-state index contributed by atoms with van der Waals surface area (Å²) in [5.74, 6) is 0.630. The highest BCUT2D eigenvalue weighted by molar-refractivity contribution is 7.16. The van der Waals surface area contributed by atoms with Crippen molar-refractivity contribution in [2.24, 2.45) is 0 Å². The van der Waals surface area contributed by atoms with Gasteiger partial charge in [-0.05, 0) is 49.5 Å². The molecule has 32 heavy (non-hydrogen) atoms. The molecular formula is C24H28N6OS. The summed E-state index contributed by atoms with van der Waals surface area (Å²) in [6.45, 7) is 4.18. The van der Waals surface area contributed by atoms with E-state index in [1.54, 1.807) is 11.3 Å². The number of likely N-dealkylation sites (N-methyl/N-ethyl adjacent to an activating group) is 1. The lowest BCUT2D eigenvalue weighted by Crippen LogP contribution is -2.44. The summed E-state index contributed by atoms with van der Waals surface area (Å²) in [5, 5.41) is 6.80. The lowest BCUT2D eigenvalue weighted by molar-refractivity contribution is 0.313. The topological polar surface area (TPSA) is 80.0 Å². The molecule has 166 valence electrons. The molecule has 2 aliphatic rings. The van der Waals surface area contributed by atoms with Gasteiger partial charge in [-0.15, -0.1) is 11.3 Å². The number of aromatic amines is 2. The number of aromatic nitrogens is 3. The molecule has 2 fully saturated rings. The number of H-pyrrole nitrogens is 2. The number of hydrogen-bond donors (Lipinski definition) is 3. The van der Waals surface area contributed by atoms with E-state index in [4.69, 9.17) is 4.98 Å². The Kier molecular flexibility index (Phi) is 4.91. The third-order valence-corrected chi connectivity index (χ3v) is 7.74. The summed E-state index contributed by atoms with van der Waals surface area (Å²) in [7, 11) is 2.17. The summed E-state index contributed by atoms with van der Waals surface area (Å²) in [4.78, 5) is 30.2. The van der Waals surface area contributed by atoms with Crippen LogP contribution in [0, 0.1) is 0 Å². The molecule has 8 heteroatoms. The minimum absolute atomic E-state index is 0.0983. The Morgan fingerprint density at radius 1 is 1.09 bits per heavy atom. The quantitative estimate of drug-likeness (QED) is 0.435. The summed E-state index contributed by atoms with van der Waals surface area (Å²) < 4.78 is 0. The Morgan fingerprint density at radius 3 is 2.72 bits per heavy atom. The maximum atomic E-state index is 13.2. The molecule has 0 atom stereocenters. The van der Waals surface area contributed by atoms with Gasteiger partial charge in [0.15, 0.2) is 0 Å². The number of thiophene rings is 1. The molecule has 1 aromatic carbocycles. The van der Waals surface area contributed by atoms with E-state index < -0.39 is 0 Å². The van der Waals surface area contributed by atoms with Crippen molar-refractivity contribution in [1.29, 1.82) is 0 Å². The van der Waals surface area contributed by atoms with Gasteiger partial charge < -0.3 is 25.1 Å². The Labute approximate surface area is 190 Å². The van der Waals surface area contributed by atoms with Crippen LogP contribution in [0.5, 0.6) is 0 Å². The fourth-order valence-corrected chi connectivity index (χ4v) is 5.83. The molecule has 0 amide bonds. The van der Waals surface area contributed by atoms with E-state index in [9.17, 15) is 4.79 Å². The Bertz CT molecular complexity index is 1320. The molecule has 1 saturated heterocycles. The van der Waals surface area contributed by atoms with Gasteiger partial charge in [0.2, 0.25) is 0 Å². The second kappa shape index (κ2) is 7.94. The van der Waals surface area contributed by atoms with E-state index in [1.165, 1.54) is 18.5 Å². The second-order valence-corrected chi connectivity index (χ2v) is 9.99. The summed E-state index contributed by atoms with van der Waals surface area (Å²) in [6, 6.07) is 8.86. The maximum Gasteiger partial charge on any atom is 0.262 e. The molecule has 4 aromatic rings. The number of fused-ring (bicyclic) bond motifs is 2. The van der Waals surface area contributed by atoms with E-state index >= 15 is 0 Å². The first kappa shape index (κ1) is 19.8. The van der Waals surface area contributed by atoms with Crippen LogP contribution in [0.4, 0.5) is 11.4 Å². The predicted molar refractivity (Wildman–Crippen MR) is 133 cm³/mol. The van der Waals surface area contributed by atoms with Gasteiger partial charge in [-0.1, -0.05) is 12.8 Å². The van der Waals surface area contributed by atoms with Crippen molar-refractivity contribution in [2.75, 3.05) is 43.4 Å². The van der Waals surface area contributed by atoms with Gasteiger partial charge in [-0.25, -0.2) is 4.98 Å². The molecule has 0 spiro atoms. The van der Waals surface area contributed by atoms with Crippen molar-refractivity contribution >= 4 is 44.0 Å². The first-order valence-corrected chi connectivity index (χ1v) is 12.4.